The minimum absolute atomic E-state index is 0.00261. The Labute approximate surface area is 226 Å². The van der Waals surface area contributed by atoms with Crippen LogP contribution < -0.4 is 5.32 Å². The van der Waals surface area contributed by atoms with Gasteiger partial charge in [0.05, 0.1) is 11.6 Å². The van der Waals surface area contributed by atoms with E-state index in [9.17, 15) is 9.59 Å². The molecule has 1 aromatic heterocycles. The molecule has 4 aliphatic rings. The van der Waals surface area contributed by atoms with Crippen LogP contribution in [0.2, 0.25) is 10.0 Å². The van der Waals surface area contributed by atoms with Crippen molar-refractivity contribution in [1.29, 1.82) is 0 Å². The Morgan fingerprint density at radius 2 is 1.78 bits per heavy atom. The Morgan fingerprint density at radius 1 is 1.03 bits per heavy atom. The molecule has 7 heteroatoms. The second-order valence-corrected chi connectivity index (χ2v) is 12.1. The van der Waals surface area contributed by atoms with Crippen LogP contribution in [0.15, 0.2) is 60.8 Å². The average molecular weight is 534 g/mol. The van der Waals surface area contributed by atoms with Gasteiger partial charge in [0.1, 0.15) is 5.54 Å². The van der Waals surface area contributed by atoms with E-state index in [-0.39, 0.29) is 23.7 Å². The van der Waals surface area contributed by atoms with Gasteiger partial charge in [0.25, 0.3) is 0 Å². The van der Waals surface area contributed by atoms with Crippen molar-refractivity contribution in [1.82, 2.24) is 9.47 Å². The van der Waals surface area contributed by atoms with Crippen LogP contribution in [0.5, 0.6) is 0 Å². The first-order valence-electron chi connectivity index (χ1n) is 13.2. The number of benzene rings is 2. The highest BCUT2D eigenvalue weighted by atomic mass is 35.5. The second kappa shape index (κ2) is 8.45. The molecule has 4 heterocycles. The lowest BCUT2D eigenvalue weighted by atomic mass is 9.66. The number of anilines is 1. The van der Waals surface area contributed by atoms with E-state index in [4.69, 9.17) is 23.2 Å². The fraction of sp³-hybridized carbons (Fsp3) is 0.400. The summed E-state index contributed by atoms with van der Waals surface area (Å²) in [5.41, 5.74) is 2.15. The molecule has 1 aliphatic carbocycles. The predicted molar refractivity (Wildman–Crippen MR) is 145 cm³/mol. The van der Waals surface area contributed by atoms with Gasteiger partial charge in [-0.15, -0.1) is 0 Å². The normalized spacial score (nSPS) is 32.3. The average Bonchev–Trinajstić information content (AvgIpc) is 3.62. The number of amides is 1. The molecular formula is C30H29Cl2N3O2. The molecule has 2 aromatic carbocycles. The largest absolute Gasteiger partial charge is 0.348 e. The standard InChI is InChI=1S/C30H29Cl2N3O2/c1-34-14-4-7-24(34)28(36)26-25(17-8-10-19(31)11-9-17)27-21-6-3-2-5-18(21)16-35(27)30(26)22-15-20(32)12-13-23(22)33-29(30)37/h4,7-15,18,21,25-27H,2-3,5-6,16H2,1H3,(H,33,37). The Hall–Kier alpha value is -2.60. The lowest BCUT2D eigenvalue weighted by Gasteiger charge is -2.37. The van der Waals surface area contributed by atoms with E-state index in [0.29, 0.717) is 27.6 Å². The number of aromatic nitrogens is 1. The molecule has 0 radical (unpaired) electrons. The van der Waals surface area contributed by atoms with Crippen molar-refractivity contribution >= 4 is 40.6 Å². The van der Waals surface area contributed by atoms with Crippen LogP contribution >= 0.6 is 23.2 Å². The highest BCUT2D eigenvalue weighted by Gasteiger charge is 2.72. The second-order valence-electron chi connectivity index (χ2n) is 11.2. The molecule has 3 aromatic rings. The van der Waals surface area contributed by atoms with Crippen LogP contribution in [-0.4, -0.2) is 33.7 Å². The number of rotatable bonds is 3. The number of nitrogens with zero attached hydrogens (tertiary/aromatic N) is 2. The number of aryl methyl sites for hydroxylation is 1. The predicted octanol–water partition coefficient (Wildman–Crippen LogP) is 6.27. The summed E-state index contributed by atoms with van der Waals surface area (Å²) in [6.45, 7) is 0.815. The number of carbonyl (C=O) groups excluding carboxylic acids is 2. The molecule has 2 saturated heterocycles. The van der Waals surface area contributed by atoms with Crippen molar-refractivity contribution in [2.45, 2.75) is 43.2 Å². The van der Waals surface area contributed by atoms with Crippen LogP contribution in [0.3, 0.4) is 0 Å². The Kier molecular flexibility index (Phi) is 5.37. The molecule has 37 heavy (non-hydrogen) atoms. The van der Waals surface area contributed by atoms with Crippen LogP contribution in [0.4, 0.5) is 5.69 Å². The van der Waals surface area contributed by atoms with Crippen LogP contribution in [-0.2, 0) is 17.4 Å². The summed E-state index contributed by atoms with van der Waals surface area (Å²) in [5.74, 6) is 0.0917. The zero-order valence-electron chi connectivity index (χ0n) is 20.7. The first-order valence-corrected chi connectivity index (χ1v) is 14.0. The smallest absolute Gasteiger partial charge is 0.250 e. The number of ketones is 1. The first-order chi connectivity index (χ1) is 17.9. The number of nitrogens with one attached hydrogen (secondary N) is 1. The summed E-state index contributed by atoms with van der Waals surface area (Å²) < 4.78 is 1.87. The summed E-state index contributed by atoms with van der Waals surface area (Å²) in [4.78, 5) is 31.4. The van der Waals surface area contributed by atoms with Gasteiger partial charge < -0.3 is 9.88 Å². The number of halogens is 2. The molecule has 190 valence electrons. The van der Waals surface area contributed by atoms with Gasteiger partial charge in [-0.1, -0.05) is 48.2 Å². The molecule has 0 bridgehead atoms. The van der Waals surface area contributed by atoms with E-state index in [1.807, 2.05) is 54.2 Å². The molecule has 1 saturated carbocycles. The van der Waals surface area contributed by atoms with Crippen molar-refractivity contribution in [3.63, 3.8) is 0 Å². The molecule has 6 atom stereocenters. The Balaban J connectivity index is 1.52. The van der Waals surface area contributed by atoms with Crippen LogP contribution in [0, 0.1) is 17.8 Å². The SMILES string of the molecule is Cn1cccc1C(=O)C1C(c2ccc(Cl)cc2)C2C3CCCCC3CN2C12C(=O)Nc1ccc(Cl)cc12. The van der Waals surface area contributed by atoms with Crippen molar-refractivity contribution in [3.05, 3.63) is 87.7 Å². The van der Waals surface area contributed by atoms with Gasteiger partial charge in [-0.05, 0) is 72.7 Å². The minimum atomic E-state index is -1.12. The molecule has 3 fully saturated rings. The zero-order valence-corrected chi connectivity index (χ0v) is 22.2. The van der Waals surface area contributed by atoms with Gasteiger partial charge in [-0.25, -0.2) is 0 Å². The molecule has 1 spiro atoms. The van der Waals surface area contributed by atoms with E-state index >= 15 is 0 Å². The van der Waals surface area contributed by atoms with Crippen LogP contribution in [0.1, 0.15) is 53.2 Å². The lowest BCUT2D eigenvalue weighted by Crippen LogP contribution is -2.53. The van der Waals surface area contributed by atoms with Gasteiger partial charge >= 0.3 is 0 Å². The quantitative estimate of drug-likeness (QED) is 0.404. The summed E-state index contributed by atoms with van der Waals surface area (Å²) in [5, 5.41) is 4.39. The fourth-order valence-corrected chi connectivity index (χ4v) is 8.47. The number of Topliss-reactive ketones (excluding diaryl/α,β-unsaturated/α-hetero) is 1. The third-order valence-electron chi connectivity index (χ3n) is 9.55. The number of fused-ring (bicyclic) bond motifs is 6. The third-order valence-corrected chi connectivity index (χ3v) is 10.0. The van der Waals surface area contributed by atoms with Crippen molar-refractivity contribution < 1.29 is 9.59 Å². The summed E-state index contributed by atoms with van der Waals surface area (Å²) in [7, 11) is 1.89. The van der Waals surface area contributed by atoms with Crippen molar-refractivity contribution in [2.75, 3.05) is 11.9 Å². The fourth-order valence-electron chi connectivity index (χ4n) is 8.17. The molecule has 6 unspecified atom stereocenters. The first kappa shape index (κ1) is 23.5. The lowest BCUT2D eigenvalue weighted by molar-refractivity contribution is -0.128. The highest BCUT2D eigenvalue weighted by Crippen LogP contribution is 2.64. The van der Waals surface area contributed by atoms with Gasteiger partial charge in [0.2, 0.25) is 5.91 Å². The number of hydrogen-bond acceptors (Lipinski definition) is 3. The maximum Gasteiger partial charge on any atom is 0.250 e. The molecule has 3 aliphatic heterocycles. The molecule has 1 N–H and O–H groups in total. The van der Waals surface area contributed by atoms with E-state index in [0.717, 1.165) is 29.8 Å². The molecule has 7 rings (SSSR count). The van der Waals surface area contributed by atoms with E-state index < -0.39 is 11.5 Å². The minimum Gasteiger partial charge on any atom is -0.348 e. The monoisotopic (exact) mass is 533 g/mol. The van der Waals surface area contributed by atoms with E-state index in [1.54, 1.807) is 6.07 Å². The van der Waals surface area contributed by atoms with Crippen LogP contribution in [0.25, 0.3) is 0 Å². The van der Waals surface area contributed by atoms with Crippen molar-refractivity contribution in [2.24, 2.45) is 24.8 Å². The van der Waals surface area contributed by atoms with E-state index in [1.165, 1.54) is 19.3 Å². The topological polar surface area (TPSA) is 54.3 Å². The number of carbonyl (C=O) groups is 2. The van der Waals surface area contributed by atoms with Gasteiger partial charge in [-0.2, -0.15) is 0 Å². The summed E-state index contributed by atoms with van der Waals surface area (Å²) in [6.07, 6.45) is 6.60. The van der Waals surface area contributed by atoms with Gasteiger partial charge in [-0.3, -0.25) is 14.5 Å². The zero-order chi connectivity index (χ0) is 25.5. The molecule has 1 amide bonds. The van der Waals surface area contributed by atoms with Gasteiger partial charge in [0.15, 0.2) is 5.78 Å². The maximum absolute atomic E-state index is 14.7. The van der Waals surface area contributed by atoms with Gasteiger partial charge in [0, 0.05) is 53.0 Å². The maximum atomic E-state index is 14.7. The summed E-state index contributed by atoms with van der Waals surface area (Å²) in [6, 6.07) is 17.3. The molecule has 5 nitrogen and oxygen atoms in total. The van der Waals surface area contributed by atoms with Crippen molar-refractivity contribution in [3.8, 4) is 0 Å². The highest BCUT2D eigenvalue weighted by molar-refractivity contribution is 6.31. The summed E-state index contributed by atoms with van der Waals surface area (Å²) >= 11 is 12.9. The molecular weight excluding hydrogens is 505 g/mol. The van der Waals surface area contributed by atoms with E-state index in [2.05, 4.69) is 22.3 Å². The third kappa shape index (κ3) is 3.20. The number of hydrogen-bond donors (Lipinski definition) is 1. The Bertz CT molecular complexity index is 1420. The Morgan fingerprint density at radius 3 is 2.54 bits per heavy atom.